The van der Waals surface area contributed by atoms with Gasteiger partial charge in [0.1, 0.15) is 83.4 Å². The molecule has 72 heavy (non-hydrogen) atoms. The van der Waals surface area contributed by atoms with Crippen LogP contribution in [0.25, 0.3) is 0 Å². The van der Waals surface area contributed by atoms with Gasteiger partial charge in [-0.1, -0.05) is 6.92 Å². The van der Waals surface area contributed by atoms with Gasteiger partial charge in [0, 0.05) is 76.1 Å². The lowest BCUT2D eigenvalue weighted by Crippen LogP contribution is -2.72. The van der Waals surface area contributed by atoms with E-state index in [1.807, 2.05) is 0 Å². The maximum Gasteiger partial charge on any atom is 0.186 e. The monoisotopic (exact) mass is 1050 g/mol. The second-order valence-corrected chi connectivity index (χ2v) is 20.9. The Bertz CT molecular complexity index is 1820. The van der Waals surface area contributed by atoms with Gasteiger partial charge in [0.25, 0.3) is 0 Å². The minimum atomic E-state index is -2.30. The Morgan fingerprint density at radius 1 is 0.528 bits per heavy atom. The van der Waals surface area contributed by atoms with Crippen molar-refractivity contribution in [2.75, 3.05) is 60.5 Å². The summed E-state index contributed by atoms with van der Waals surface area (Å²) in [5.41, 5.74) is -5.51. The Hall–Kier alpha value is -1.08. The Morgan fingerprint density at radius 2 is 0.958 bits per heavy atom. The largest absolute Gasteiger partial charge is 0.394 e. The first kappa shape index (κ1) is 55.7. The maximum absolute atomic E-state index is 11.7. The highest BCUT2D eigenvalue weighted by Gasteiger charge is 2.75. The molecule has 0 aromatic heterocycles. The fourth-order valence-corrected chi connectivity index (χ4v) is 13.4. The van der Waals surface area contributed by atoms with Crippen molar-refractivity contribution in [2.45, 2.75) is 191 Å². The van der Waals surface area contributed by atoms with Crippen LogP contribution in [0.2, 0.25) is 0 Å². The van der Waals surface area contributed by atoms with Crippen molar-refractivity contribution in [1.82, 2.24) is 0 Å². The number of hydrogen-bond donors (Lipinski definition) is 14. The lowest BCUT2D eigenvalue weighted by atomic mass is 9.64. The number of hydrogen-bond acceptors (Lipinski definition) is 27. The van der Waals surface area contributed by atoms with E-state index in [0.29, 0.717) is 0 Å². The average molecular weight is 1050 g/mol. The molecule has 5 saturated heterocycles. The van der Waals surface area contributed by atoms with Crippen molar-refractivity contribution >= 4 is 0 Å². The molecule has 30 unspecified atom stereocenters. The molecule has 5 heterocycles. The van der Waals surface area contributed by atoms with E-state index in [1.165, 1.54) is 14.2 Å². The normalized spacial score (nSPS) is 52.2. The van der Waals surface area contributed by atoms with Gasteiger partial charge in [-0.3, -0.25) is 0 Å². The molecule has 30 atom stereocenters. The Kier molecular flexibility index (Phi) is 16.5. The van der Waals surface area contributed by atoms with E-state index in [2.05, 4.69) is 0 Å². The molecule has 14 N–H and O–H groups in total. The van der Waals surface area contributed by atoms with Gasteiger partial charge in [-0.25, -0.2) is 0 Å². The second-order valence-electron chi connectivity index (χ2n) is 20.9. The third-order valence-corrected chi connectivity index (χ3v) is 17.5. The molecule has 0 aromatic carbocycles. The van der Waals surface area contributed by atoms with E-state index in [0.717, 1.165) is 0 Å². The SMILES string of the molecule is CCOC1OC(CO)C(OC(O)C(O)C(O)C(OC2CC3C(O)C(OC)C3(CO)O2)C(C)COC2CC3C(O)C(OC4CC5C(O)C(OC6CC7C(O)C(OC)C7(CO)O6)C5(CO)O4)C3(CO)O2)C(O)C1O. The summed E-state index contributed by atoms with van der Waals surface area (Å²) in [7, 11) is 2.73. The van der Waals surface area contributed by atoms with Crippen molar-refractivity contribution in [3.05, 3.63) is 0 Å². The van der Waals surface area contributed by atoms with Gasteiger partial charge in [0.15, 0.2) is 37.7 Å². The topological polar surface area (TPSA) is 403 Å². The van der Waals surface area contributed by atoms with Gasteiger partial charge in [0.05, 0.1) is 70.2 Å². The van der Waals surface area contributed by atoms with Crippen LogP contribution in [-0.4, -0.2) is 284 Å². The molecule has 0 bridgehead atoms. The van der Waals surface area contributed by atoms with E-state index in [1.54, 1.807) is 13.8 Å². The van der Waals surface area contributed by atoms with Crippen LogP contribution < -0.4 is 0 Å². The molecule has 9 rings (SSSR count). The smallest absolute Gasteiger partial charge is 0.186 e. The average Bonchev–Trinajstić information content (AvgIpc) is 4.11. The summed E-state index contributed by atoms with van der Waals surface area (Å²) < 4.78 is 76.5. The van der Waals surface area contributed by atoms with Crippen LogP contribution in [0.5, 0.6) is 0 Å². The summed E-state index contributed by atoms with van der Waals surface area (Å²) in [5, 5.41) is 152. The third kappa shape index (κ3) is 8.54. The molecular weight excluding hydrogens is 972 g/mol. The van der Waals surface area contributed by atoms with Crippen molar-refractivity contribution in [2.24, 2.45) is 29.6 Å². The molecular formula is C45H74O27. The Balaban J connectivity index is 0.838. The molecule has 5 aliphatic heterocycles. The predicted octanol–water partition coefficient (Wildman–Crippen LogP) is -7.40. The Labute approximate surface area is 413 Å². The predicted molar refractivity (Wildman–Crippen MR) is 229 cm³/mol. The van der Waals surface area contributed by atoms with Gasteiger partial charge in [-0.2, -0.15) is 0 Å². The fourth-order valence-electron chi connectivity index (χ4n) is 13.4. The number of ether oxygens (including phenoxy) is 13. The van der Waals surface area contributed by atoms with E-state index in [4.69, 9.17) is 61.6 Å². The second kappa shape index (κ2) is 21.3. The van der Waals surface area contributed by atoms with E-state index in [9.17, 15) is 71.5 Å². The van der Waals surface area contributed by atoms with Crippen molar-refractivity contribution in [3.8, 4) is 0 Å². The van der Waals surface area contributed by atoms with Crippen molar-refractivity contribution in [3.63, 3.8) is 0 Å². The van der Waals surface area contributed by atoms with Gasteiger partial charge in [-0.15, -0.1) is 0 Å². The lowest BCUT2D eigenvalue weighted by molar-refractivity contribution is -0.359. The number of methoxy groups -OCH3 is 2. The molecule has 9 fully saturated rings. The number of rotatable bonds is 24. The first-order valence-corrected chi connectivity index (χ1v) is 24.8. The molecule has 27 heteroatoms. The van der Waals surface area contributed by atoms with Crippen LogP contribution in [0.4, 0.5) is 0 Å². The lowest BCUT2D eigenvalue weighted by Gasteiger charge is -2.54. The first-order chi connectivity index (χ1) is 34.3. The molecule has 4 saturated carbocycles. The fraction of sp³-hybridized carbons (Fsp3) is 1.00. The summed E-state index contributed by atoms with van der Waals surface area (Å²) in [6.45, 7) is -0.0252. The number of aliphatic hydroxyl groups excluding tert-OH is 14. The standard InChI is InChI=1S/C45H74O27/c1-5-62-41-33(58)31(56)35(21(10-46)64-41)68-40(59)32(57)30(55)34(65-23-7-18-26(51)36(60-3)42(18,12-47)70-23)16(2)11-63-22-6-17-28(53)38(44(17,14-49)69-22)67-25-9-20-29(54)39(45(20,15-50)72-25)66-24-8-19-27(52)37(61-4)43(19,13-48)71-24/h16-41,46-59H,5-15H2,1-4H3. The van der Waals surface area contributed by atoms with Crippen LogP contribution in [0.15, 0.2) is 0 Å². The highest BCUT2D eigenvalue weighted by atomic mass is 16.8. The van der Waals surface area contributed by atoms with Crippen LogP contribution >= 0.6 is 0 Å². The first-order valence-electron chi connectivity index (χ1n) is 24.8. The minimum Gasteiger partial charge on any atom is -0.394 e. The molecule has 0 amide bonds. The zero-order valence-corrected chi connectivity index (χ0v) is 40.4. The van der Waals surface area contributed by atoms with E-state index < -0.39 is 214 Å². The zero-order valence-electron chi connectivity index (χ0n) is 40.4. The van der Waals surface area contributed by atoms with Gasteiger partial charge in [-0.05, 0) is 6.92 Å². The number of aliphatic hydroxyl groups is 14. The quantitative estimate of drug-likeness (QED) is 0.0399. The Morgan fingerprint density at radius 3 is 1.42 bits per heavy atom. The van der Waals surface area contributed by atoms with Crippen LogP contribution in [0.3, 0.4) is 0 Å². The summed E-state index contributed by atoms with van der Waals surface area (Å²) in [6.07, 6.45) is -28.2. The van der Waals surface area contributed by atoms with Gasteiger partial charge >= 0.3 is 0 Å². The molecule has 0 aromatic rings. The van der Waals surface area contributed by atoms with Crippen LogP contribution in [0, 0.1) is 29.6 Å². The number of fused-ring (bicyclic) bond motifs is 4. The van der Waals surface area contributed by atoms with Crippen LogP contribution in [0.1, 0.15) is 39.5 Å². The van der Waals surface area contributed by atoms with Crippen molar-refractivity contribution in [1.29, 1.82) is 0 Å². The highest BCUT2D eigenvalue weighted by Crippen LogP contribution is 2.59. The maximum atomic E-state index is 11.7. The van der Waals surface area contributed by atoms with E-state index in [-0.39, 0.29) is 38.9 Å². The molecule has 9 aliphatic rings. The van der Waals surface area contributed by atoms with E-state index >= 15 is 0 Å². The third-order valence-electron chi connectivity index (χ3n) is 17.5. The summed E-state index contributed by atoms with van der Waals surface area (Å²) in [6, 6.07) is 0. The van der Waals surface area contributed by atoms with Crippen molar-refractivity contribution < 1.29 is 133 Å². The molecule has 0 radical (unpaired) electrons. The molecule has 4 aliphatic carbocycles. The van der Waals surface area contributed by atoms with Gasteiger partial charge in [0.2, 0.25) is 0 Å². The molecule has 27 nitrogen and oxygen atoms in total. The molecule has 0 spiro atoms. The summed E-state index contributed by atoms with van der Waals surface area (Å²) in [5.74, 6) is -3.45. The summed E-state index contributed by atoms with van der Waals surface area (Å²) in [4.78, 5) is 0. The summed E-state index contributed by atoms with van der Waals surface area (Å²) >= 11 is 0. The zero-order chi connectivity index (χ0) is 52.0. The van der Waals surface area contributed by atoms with Crippen LogP contribution in [-0.2, 0) is 61.6 Å². The molecule has 416 valence electrons. The van der Waals surface area contributed by atoms with Gasteiger partial charge < -0.3 is 133 Å². The minimum absolute atomic E-state index is 0.0142. The highest BCUT2D eigenvalue weighted by molar-refractivity contribution is 5.20.